The minimum Gasteiger partial charge on any atom is -0.478 e. The zero-order chi connectivity index (χ0) is 12.4. The van der Waals surface area contributed by atoms with Gasteiger partial charge in [-0.15, -0.1) is 10.2 Å². The Morgan fingerprint density at radius 3 is 2.76 bits per heavy atom. The van der Waals surface area contributed by atoms with Gasteiger partial charge in [0.15, 0.2) is 0 Å². The van der Waals surface area contributed by atoms with Crippen molar-refractivity contribution in [3.05, 3.63) is 41.5 Å². The number of aromatic carboxylic acids is 1. The lowest BCUT2D eigenvalue weighted by Gasteiger charge is -2.10. The first-order chi connectivity index (χ1) is 8.15. The molecule has 2 aromatic rings. The van der Waals surface area contributed by atoms with Gasteiger partial charge in [0.1, 0.15) is 11.6 Å². The van der Waals surface area contributed by atoms with E-state index in [-0.39, 0.29) is 5.56 Å². The third-order valence-electron chi connectivity index (χ3n) is 2.39. The van der Waals surface area contributed by atoms with Crippen molar-refractivity contribution in [1.82, 2.24) is 14.8 Å². The Balaban J connectivity index is 2.68. The van der Waals surface area contributed by atoms with Crippen LogP contribution in [0.3, 0.4) is 0 Å². The molecule has 0 aliphatic rings. The Labute approximate surface area is 106 Å². The predicted octanol–water partition coefficient (Wildman–Crippen LogP) is 2.17. The molecular formula is C11H10BrN3O2. The molecule has 0 aliphatic heterocycles. The van der Waals surface area contributed by atoms with Crippen molar-refractivity contribution < 1.29 is 9.90 Å². The quantitative estimate of drug-likeness (QED) is 0.881. The number of carboxylic acid groups (broad SMARTS) is 1. The molecule has 0 saturated heterocycles. The highest BCUT2D eigenvalue weighted by Crippen LogP contribution is 2.19. The van der Waals surface area contributed by atoms with Crippen LogP contribution in [-0.2, 0) is 5.33 Å². The van der Waals surface area contributed by atoms with Crippen LogP contribution in [0.5, 0.6) is 0 Å². The normalized spacial score (nSPS) is 10.5. The number of nitrogens with zero attached hydrogens (tertiary/aromatic N) is 3. The molecular weight excluding hydrogens is 286 g/mol. The van der Waals surface area contributed by atoms with Crippen molar-refractivity contribution in [3.8, 4) is 5.69 Å². The zero-order valence-corrected chi connectivity index (χ0v) is 10.7. The molecule has 0 fully saturated rings. The second kappa shape index (κ2) is 4.67. The van der Waals surface area contributed by atoms with E-state index in [0.717, 1.165) is 0 Å². The van der Waals surface area contributed by atoms with Crippen LogP contribution in [0.2, 0.25) is 0 Å². The lowest BCUT2D eigenvalue weighted by molar-refractivity contribution is 0.0697. The van der Waals surface area contributed by atoms with Crippen molar-refractivity contribution in [1.29, 1.82) is 0 Å². The summed E-state index contributed by atoms with van der Waals surface area (Å²) in [5.74, 6) is 0.374. The molecule has 1 N–H and O–H groups in total. The van der Waals surface area contributed by atoms with Crippen molar-refractivity contribution in [2.24, 2.45) is 0 Å². The van der Waals surface area contributed by atoms with Gasteiger partial charge in [-0.05, 0) is 19.1 Å². The fourth-order valence-corrected chi connectivity index (χ4v) is 2.02. The molecule has 6 heteroatoms. The highest BCUT2D eigenvalue weighted by atomic mass is 79.9. The Bertz CT molecular complexity index is 566. The lowest BCUT2D eigenvalue weighted by atomic mass is 10.1. The molecule has 1 heterocycles. The monoisotopic (exact) mass is 295 g/mol. The first kappa shape index (κ1) is 11.8. The van der Waals surface area contributed by atoms with Gasteiger partial charge < -0.3 is 5.11 Å². The van der Waals surface area contributed by atoms with E-state index in [0.29, 0.717) is 22.7 Å². The first-order valence-corrected chi connectivity index (χ1v) is 6.07. The summed E-state index contributed by atoms with van der Waals surface area (Å²) in [5, 5.41) is 17.6. The van der Waals surface area contributed by atoms with Gasteiger partial charge in [0.2, 0.25) is 0 Å². The second-order valence-corrected chi connectivity index (χ2v) is 4.02. The van der Waals surface area contributed by atoms with Crippen LogP contribution < -0.4 is 0 Å². The Kier molecular flexibility index (Phi) is 3.23. The van der Waals surface area contributed by atoms with E-state index in [9.17, 15) is 4.79 Å². The number of aryl methyl sites for hydroxylation is 1. The smallest absolute Gasteiger partial charge is 0.337 e. The zero-order valence-electron chi connectivity index (χ0n) is 9.09. The molecule has 0 radical (unpaired) electrons. The van der Waals surface area contributed by atoms with Crippen molar-refractivity contribution >= 4 is 21.9 Å². The largest absolute Gasteiger partial charge is 0.478 e. The van der Waals surface area contributed by atoms with Crippen molar-refractivity contribution in [3.63, 3.8) is 0 Å². The number of carboxylic acids is 1. The van der Waals surface area contributed by atoms with E-state index < -0.39 is 5.97 Å². The van der Waals surface area contributed by atoms with E-state index in [1.54, 1.807) is 35.8 Å². The topological polar surface area (TPSA) is 68.0 Å². The molecule has 1 aromatic heterocycles. The van der Waals surface area contributed by atoms with Gasteiger partial charge in [-0.2, -0.15) is 0 Å². The summed E-state index contributed by atoms with van der Waals surface area (Å²) in [5.41, 5.74) is 0.814. The van der Waals surface area contributed by atoms with Crippen LogP contribution in [0.15, 0.2) is 24.3 Å². The summed E-state index contributed by atoms with van der Waals surface area (Å²) < 4.78 is 1.73. The summed E-state index contributed by atoms with van der Waals surface area (Å²) in [6.45, 7) is 1.79. The van der Waals surface area contributed by atoms with Crippen LogP contribution in [0.4, 0.5) is 0 Å². The fourth-order valence-electron chi connectivity index (χ4n) is 1.66. The summed E-state index contributed by atoms with van der Waals surface area (Å²) in [4.78, 5) is 11.2. The van der Waals surface area contributed by atoms with Crippen molar-refractivity contribution in [2.75, 3.05) is 0 Å². The highest BCUT2D eigenvalue weighted by Gasteiger charge is 2.16. The lowest BCUT2D eigenvalue weighted by Crippen LogP contribution is -2.08. The second-order valence-electron chi connectivity index (χ2n) is 3.45. The first-order valence-electron chi connectivity index (χ1n) is 4.94. The highest BCUT2D eigenvalue weighted by molar-refractivity contribution is 9.08. The van der Waals surface area contributed by atoms with E-state index >= 15 is 0 Å². The Hall–Kier alpha value is -1.69. The molecule has 2 rings (SSSR count). The summed E-state index contributed by atoms with van der Waals surface area (Å²) in [6.07, 6.45) is 0. The van der Waals surface area contributed by atoms with Crippen LogP contribution in [-0.4, -0.2) is 25.8 Å². The predicted molar refractivity (Wildman–Crippen MR) is 65.7 cm³/mol. The molecule has 17 heavy (non-hydrogen) atoms. The number of alkyl halides is 1. The minimum atomic E-state index is -0.964. The maximum atomic E-state index is 11.2. The summed E-state index contributed by atoms with van der Waals surface area (Å²) in [7, 11) is 0. The number of benzene rings is 1. The van der Waals surface area contributed by atoms with E-state index in [2.05, 4.69) is 26.1 Å². The van der Waals surface area contributed by atoms with Gasteiger partial charge in [-0.25, -0.2) is 4.79 Å². The number of carbonyl (C=O) groups is 1. The maximum absolute atomic E-state index is 11.2. The van der Waals surface area contributed by atoms with Gasteiger partial charge in [0, 0.05) is 0 Å². The molecule has 1 aromatic carbocycles. The Morgan fingerprint density at radius 1 is 1.41 bits per heavy atom. The van der Waals surface area contributed by atoms with Gasteiger partial charge in [0.25, 0.3) is 0 Å². The average Bonchev–Trinajstić information content (AvgIpc) is 2.70. The molecule has 0 atom stereocenters. The molecule has 0 spiro atoms. The fraction of sp³-hybridized carbons (Fsp3) is 0.182. The maximum Gasteiger partial charge on any atom is 0.337 e. The number of hydrogen-bond donors (Lipinski definition) is 1. The number of para-hydroxylation sites is 1. The molecule has 0 bridgehead atoms. The third kappa shape index (κ3) is 2.08. The van der Waals surface area contributed by atoms with E-state index in [1.807, 2.05) is 0 Å². The number of aromatic nitrogens is 3. The van der Waals surface area contributed by atoms with Crippen molar-refractivity contribution in [2.45, 2.75) is 12.3 Å². The minimum absolute atomic E-state index is 0.234. The average molecular weight is 296 g/mol. The third-order valence-corrected chi connectivity index (χ3v) is 2.89. The van der Waals surface area contributed by atoms with Gasteiger partial charge >= 0.3 is 5.97 Å². The Morgan fingerprint density at radius 2 is 2.12 bits per heavy atom. The molecule has 88 valence electrons. The number of halogens is 1. The van der Waals surface area contributed by atoms with E-state index in [4.69, 9.17) is 5.11 Å². The number of rotatable bonds is 3. The molecule has 0 unspecified atom stereocenters. The molecule has 0 amide bonds. The standard InChI is InChI=1S/C11H10BrN3O2/c1-7-13-14-10(6-12)15(7)9-5-3-2-4-8(9)11(16)17/h2-5H,6H2,1H3,(H,16,17). The van der Waals surface area contributed by atoms with Gasteiger partial charge in [-0.1, -0.05) is 28.1 Å². The van der Waals surface area contributed by atoms with Crippen LogP contribution >= 0.6 is 15.9 Å². The summed E-state index contributed by atoms with van der Waals surface area (Å²) in [6, 6.07) is 6.79. The summed E-state index contributed by atoms with van der Waals surface area (Å²) >= 11 is 3.31. The SMILES string of the molecule is Cc1nnc(CBr)n1-c1ccccc1C(=O)O. The van der Waals surface area contributed by atoms with Crippen LogP contribution in [0.1, 0.15) is 22.0 Å². The van der Waals surface area contributed by atoms with Gasteiger partial charge in [0.05, 0.1) is 16.6 Å². The molecule has 5 nitrogen and oxygen atoms in total. The van der Waals surface area contributed by atoms with Crippen LogP contribution in [0, 0.1) is 6.92 Å². The van der Waals surface area contributed by atoms with E-state index in [1.165, 1.54) is 0 Å². The van der Waals surface area contributed by atoms with Gasteiger partial charge in [-0.3, -0.25) is 4.57 Å². The number of hydrogen-bond acceptors (Lipinski definition) is 3. The molecule has 0 saturated carbocycles. The van der Waals surface area contributed by atoms with Crippen LogP contribution in [0.25, 0.3) is 5.69 Å². The molecule has 0 aliphatic carbocycles.